The zero-order valence-corrected chi connectivity index (χ0v) is 28.0. The van der Waals surface area contributed by atoms with Gasteiger partial charge in [0, 0.05) is 33.2 Å². The molecule has 3 heterocycles. The first-order valence-electron chi connectivity index (χ1n) is 17.4. The summed E-state index contributed by atoms with van der Waals surface area (Å²) >= 11 is 0. The highest BCUT2D eigenvalue weighted by Crippen LogP contribution is 2.41. The molecule has 0 amide bonds. The van der Waals surface area contributed by atoms with E-state index >= 15 is 0 Å². The molecule has 0 saturated carbocycles. The minimum absolute atomic E-state index is 0.638. The zero-order valence-electron chi connectivity index (χ0n) is 28.0. The van der Waals surface area contributed by atoms with Crippen molar-refractivity contribution < 1.29 is 4.42 Å². The first-order chi connectivity index (χ1) is 25.8. The van der Waals surface area contributed by atoms with Gasteiger partial charge in [-0.15, -0.1) is 0 Å². The lowest BCUT2D eigenvalue weighted by Gasteiger charge is -2.11. The predicted molar refractivity (Wildman–Crippen MR) is 211 cm³/mol. The lowest BCUT2D eigenvalue weighted by molar-refractivity contribution is 0.669. The standard InChI is InChI=1S/C47H30N4O/c1-4-14-31(15-5-1)32-26-28-34(29-27-32)41-30-40(33-16-6-2-7-17-33)48-46(49-41)37-21-13-25-43-44(37)36-20-12-22-38(45(36)52-43)47-50-39-23-10-11-24-42(39)51(47)35-18-8-3-9-19-35/h1-30H. The first kappa shape index (κ1) is 29.8. The lowest BCUT2D eigenvalue weighted by atomic mass is 10.0. The van der Waals surface area contributed by atoms with Crippen LogP contribution >= 0.6 is 0 Å². The number of hydrogen-bond donors (Lipinski definition) is 0. The van der Waals surface area contributed by atoms with Crippen molar-refractivity contribution in [1.82, 2.24) is 19.5 Å². The van der Waals surface area contributed by atoms with Crippen molar-refractivity contribution in [2.24, 2.45) is 0 Å². The van der Waals surface area contributed by atoms with Crippen LogP contribution in [-0.2, 0) is 0 Å². The van der Waals surface area contributed by atoms with Crippen LogP contribution in [0, 0.1) is 0 Å². The second-order valence-electron chi connectivity index (χ2n) is 12.8. The Morgan fingerprint density at radius 1 is 0.442 bits per heavy atom. The van der Waals surface area contributed by atoms with Crippen LogP contribution in [0.25, 0.3) is 95.1 Å². The molecule has 0 saturated heterocycles. The number of benzene rings is 7. The van der Waals surface area contributed by atoms with Crippen molar-refractivity contribution >= 4 is 33.0 Å². The third-order valence-corrected chi connectivity index (χ3v) is 9.66. The lowest BCUT2D eigenvalue weighted by Crippen LogP contribution is -1.97. The molecule has 0 atom stereocenters. The molecule has 0 unspecified atom stereocenters. The second-order valence-corrected chi connectivity index (χ2v) is 12.8. The fourth-order valence-corrected chi connectivity index (χ4v) is 7.19. The second kappa shape index (κ2) is 12.3. The van der Waals surface area contributed by atoms with E-state index < -0.39 is 0 Å². The largest absolute Gasteiger partial charge is 0.455 e. The van der Waals surface area contributed by atoms with E-state index in [1.54, 1.807) is 0 Å². The SMILES string of the molecule is c1ccc(-c2ccc(-c3cc(-c4ccccc4)nc(-c4cccc5oc6c(-c7nc8ccccc8n7-c7ccccc7)cccc6c45)n3)cc2)cc1. The van der Waals surface area contributed by atoms with Gasteiger partial charge in [-0.2, -0.15) is 0 Å². The number of rotatable bonds is 6. The summed E-state index contributed by atoms with van der Waals surface area (Å²) in [4.78, 5) is 15.6. The smallest absolute Gasteiger partial charge is 0.161 e. The van der Waals surface area contributed by atoms with Crippen LogP contribution < -0.4 is 0 Å². The Morgan fingerprint density at radius 2 is 1.02 bits per heavy atom. The Balaban J connectivity index is 1.17. The van der Waals surface area contributed by atoms with Gasteiger partial charge < -0.3 is 4.42 Å². The van der Waals surface area contributed by atoms with Gasteiger partial charge in [0.1, 0.15) is 17.0 Å². The molecule has 10 aromatic rings. The average Bonchev–Trinajstić information content (AvgIpc) is 3.81. The van der Waals surface area contributed by atoms with Crippen molar-refractivity contribution in [2.75, 3.05) is 0 Å². The molecule has 3 aromatic heterocycles. The summed E-state index contributed by atoms with van der Waals surface area (Å²) in [6.45, 7) is 0. The molecular formula is C47H30N4O. The number of hydrogen-bond acceptors (Lipinski definition) is 4. The van der Waals surface area contributed by atoms with Crippen LogP contribution in [0.4, 0.5) is 0 Å². The third-order valence-electron chi connectivity index (χ3n) is 9.66. The molecule has 0 spiro atoms. The summed E-state index contributed by atoms with van der Waals surface area (Å²) in [5.74, 6) is 1.46. The molecule has 244 valence electrons. The molecule has 7 aromatic carbocycles. The summed E-state index contributed by atoms with van der Waals surface area (Å²) in [7, 11) is 0. The number of aromatic nitrogens is 4. The molecule has 0 aliphatic carbocycles. The fraction of sp³-hybridized carbons (Fsp3) is 0. The molecule has 0 fully saturated rings. The maximum atomic E-state index is 6.76. The van der Waals surface area contributed by atoms with Crippen molar-refractivity contribution in [3.8, 4) is 62.1 Å². The van der Waals surface area contributed by atoms with E-state index in [0.717, 1.165) is 83.7 Å². The minimum Gasteiger partial charge on any atom is -0.455 e. The molecule has 5 heteroatoms. The molecule has 5 nitrogen and oxygen atoms in total. The van der Waals surface area contributed by atoms with Gasteiger partial charge in [-0.25, -0.2) is 15.0 Å². The maximum Gasteiger partial charge on any atom is 0.161 e. The molecule has 52 heavy (non-hydrogen) atoms. The number of imidazole rings is 1. The molecule has 0 radical (unpaired) electrons. The van der Waals surface area contributed by atoms with Crippen molar-refractivity contribution in [3.05, 3.63) is 182 Å². The Bertz CT molecular complexity index is 2880. The highest BCUT2D eigenvalue weighted by atomic mass is 16.3. The number of furan rings is 1. The Labute approximate surface area is 300 Å². The summed E-state index contributed by atoms with van der Waals surface area (Å²) in [6.07, 6.45) is 0. The molecule has 10 rings (SSSR count). The van der Waals surface area contributed by atoms with E-state index in [1.165, 1.54) is 5.56 Å². The Morgan fingerprint density at radius 3 is 1.77 bits per heavy atom. The van der Waals surface area contributed by atoms with Gasteiger partial charge in [0.05, 0.1) is 28.0 Å². The predicted octanol–water partition coefficient (Wildman–Crippen LogP) is 12.0. The molecule has 0 aliphatic heterocycles. The summed E-state index contributed by atoms with van der Waals surface area (Å²) in [6, 6.07) is 62.4. The van der Waals surface area contributed by atoms with Crippen molar-refractivity contribution in [2.45, 2.75) is 0 Å². The average molecular weight is 667 g/mol. The van der Waals surface area contributed by atoms with Gasteiger partial charge in [0.25, 0.3) is 0 Å². The van der Waals surface area contributed by atoms with Gasteiger partial charge in [-0.05, 0) is 53.6 Å². The van der Waals surface area contributed by atoms with E-state index in [-0.39, 0.29) is 0 Å². The Hall–Kier alpha value is -7.11. The zero-order chi connectivity index (χ0) is 34.4. The van der Waals surface area contributed by atoms with Crippen LogP contribution in [0.1, 0.15) is 0 Å². The quantitative estimate of drug-likeness (QED) is 0.177. The Kier molecular flexibility index (Phi) is 7.07. The maximum absolute atomic E-state index is 6.76. The van der Waals surface area contributed by atoms with Crippen LogP contribution in [0.15, 0.2) is 186 Å². The van der Waals surface area contributed by atoms with Crippen molar-refractivity contribution in [1.29, 1.82) is 0 Å². The van der Waals surface area contributed by atoms with Crippen LogP contribution in [0.5, 0.6) is 0 Å². The molecule has 0 bridgehead atoms. The normalized spacial score (nSPS) is 11.5. The minimum atomic E-state index is 0.638. The molecule has 0 N–H and O–H groups in total. The molecular weight excluding hydrogens is 637 g/mol. The highest BCUT2D eigenvalue weighted by Gasteiger charge is 2.22. The van der Waals surface area contributed by atoms with E-state index in [4.69, 9.17) is 19.4 Å². The summed E-state index contributed by atoms with van der Waals surface area (Å²) in [5, 5.41) is 1.95. The summed E-state index contributed by atoms with van der Waals surface area (Å²) in [5.41, 5.74) is 12.5. The molecule has 0 aliphatic rings. The van der Waals surface area contributed by atoms with Crippen LogP contribution in [-0.4, -0.2) is 19.5 Å². The van der Waals surface area contributed by atoms with Gasteiger partial charge in [-0.3, -0.25) is 4.57 Å². The van der Waals surface area contributed by atoms with Gasteiger partial charge >= 0.3 is 0 Å². The summed E-state index contributed by atoms with van der Waals surface area (Å²) < 4.78 is 8.97. The van der Waals surface area contributed by atoms with E-state index in [9.17, 15) is 0 Å². The third kappa shape index (κ3) is 5.07. The number of fused-ring (bicyclic) bond motifs is 4. The topological polar surface area (TPSA) is 56.7 Å². The van der Waals surface area contributed by atoms with Crippen molar-refractivity contribution in [3.63, 3.8) is 0 Å². The van der Waals surface area contributed by atoms with Crippen LogP contribution in [0.2, 0.25) is 0 Å². The van der Waals surface area contributed by atoms with E-state index in [2.05, 4.69) is 138 Å². The van der Waals surface area contributed by atoms with Gasteiger partial charge in [0.2, 0.25) is 0 Å². The fourth-order valence-electron chi connectivity index (χ4n) is 7.19. The van der Waals surface area contributed by atoms with Crippen LogP contribution in [0.3, 0.4) is 0 Å². The number of nitrogens with zero attached hydrogens (tertiary/aromatic N) is 4. The highest BCUT2D eigenvalue weighted by molar-refractivity contribution is 6.15. The van der Waals surface area contributed by atoms with E-state index in [0.29, 0.717) is 5.82 Å². The van der Waals surface area contributed by atoms with E-state index in [1.807, 2.05) is 48.5 Å². The van der Waals surface area contributed by atoms with Gasteiger partial charge in [-0.1, -0.05) is 140 Å². The monoisotopic (exact) mass is 666 g/mol. The number of para-hydroxylation sites is 4. The van der Waals surface area contributed by atoms with Gasteiger partial charge in [0.15, 0.2) is 5.82 Å². The first-order valence-corrected chi connectivity index (χ1v) is 17.4.